The van der Waals surface area contributed by atoms with Gasteiger partial charge in [0.1, 0.15) is 5.75 Å². The Balaban J connectivity index is 1.47. The number of aromatic amines is 1. The van der Waals surface area contributed by atoms with Crippen LogP contribution in [0, 0.1) is 6.92 Å². The maximum atomic E-state index is 12.7. The zero-order chi connectivity index (χ0) is 19.7. The number of hydrogen-bond donors (Lipinski definition) is 1. The van der Waals surface area contributed by atoms with Gasteiger partial charge in [-0.25, -0.2) is 0 Å². The highest BCUT2D eigenvalue weighted by Gasteiger charge is 2.28. The van der Waals surface area contributed by atoms with E-state index in [4.69, 9.17) is 4.74 Å². The minimum absolute atomic E-state index is 0.105. The number of aromatic nitrogens is 2. The Kier molecular flexibility index (Phi) is 4.86. The van der Waals surface area contributed by atoms with E-state index in [0.29, 0.717) is 30.4 Å². The molecule has 0 radical (unpaired) electrons. The van der Waals surface area contributed by atoms with E-state index < -0.39 is 0 Å². The molecule has 6 heteroatoms. The Morgan fingerprint density at radius 2 is 2.18 bits per heavy atom. The number of H-pyrrole nitrogens is 1. The van der Waals surface area contributed by atoms with Crippen molar-refractivity contribution in [2.45, 2.75) is 25.7 Å². The molecule has 1 aliphatic heterocycles. The molecule has 2 aromatic heterocycles. The number of methoxy groups -OCH3 is 1. The van der Waals surface area contributed by atoms with Gasteiger partial charge < -0.3 is 14.6 Å². The second-order valence-corrected chi connectivity index (χ2v) is 7.30. The molecule has 4 rings (SSSR count). The van der Waals surface area contributed by atoms with Crippen molar-refractivity contribution in [1.29, 1.82) is 0 Å². The molecule has 6 nitrogen and oxygen atoms in total. The summed E-state index contributed by atoms with van der Waals surface area (Å²) < 4.78 is 5.28. The molecule has 3 heterocycles. The predicted molar refractivity (Wildman–Crippen MR) is 108 cm³/mol. The number of carbonyl (C=O) groups is 1. The number of amides is 1. The average Bonchev–Trinajstić information content (AvgIpc) is 3.19. The molecule has 1 saturated heterocycles. The average molecular weight is 377 g/mol. The standard InChI is InChI=1S/C22H23N3O3/c1-14-10-15(5-6-20(14)28-2)11-21(26)25-9-7-16(13-25)18-12-19-17(22(27)24-18)4-3-8-23-19/h3-6,8,10,12,16H,7,9,11,13H2,1-2H3,(H,24,27). The second-order valence-electron chi connectivity index (χ2n) is 7.30. The summed E-state index contributed by atoms with van der Waals surface area (Å²) in [5.41, 5.74) is 3.43. The molecule has 1 N–H and O–H groups in total. The molecular weight excluding hydrogens is 354 g/mol. The van der Waals surface area contributed by atoms with Crippen molar-refractivity contribution in [3.63, 3.8) is 0 Å². The normalized spacial score (nSPS) is 16.5. The fraction of sp³-hybridized carbons (Fsp3) is 0.318. The van der Waals surface area contributed by atoms with E-state index in [2.05, 4.69) is 9.97 Å². The van der Waals surface area contributed by atoms with Gasteiger partial charge in [-0.1, -0.05) is 12.1 Å². The lowest BCUT2D eigenvalue weighted by Crippen LogP contribution is -2.30. The summed E-state index contributed by atoms with van der Waals surface area (Å²) in [5.74, 6) is 1.06. The fourth-order valence-corrected chi connectivity index (χ4v) is 3.90. The van der Waals surface area contributed by atoms with Crippen LogP contribution in [-0.4, -0.2) is 41.0 Å². The third-order valence-corrected chi connectivity index (χ3v) is 5.43. The van der Waals surface area contributed by atoms with Gasteiger partial charge in [-0.05, 0) is 48.7 Å². The SMILES string of the molecule is COc1ccc(CC(=O)N2CCC(c3cc4ncccc4c(=O)[nH]3)C2)cc1C. The summed E-state index contributed by atoms with van der Waals surface area (Å²) in [6, 6.07) is 11.3. The Morgan fingerprint density at radius 1 is 1.32 bits per heavy atom. The molecule has 0 spiro atoms. The zero-order valence-corrected chi connectivity index (χ0v) is 16.1. The van der Waals surface area contributed by atoms with Crippen LogP contribution in [-0.2, 0) is 11.2 Å². The van der Waals surface area contributed by atoms with Gasteiger partial charge in [-0.2, -0.15) is 0 Å². The van der Waals surface area contributed by atoms with Gasteiger partial charge in [-0.3, -0.25) is 14.6 Å². The number of carbonyl (C=O) groups excluding carboxylic acids is 1. The minimum Gasteiger partial charge on any atom is -0.496 e. The summed E-state index contributed by atoms with van der Waals surface area (Å²) in [7, 11) is 1.64. The van der Waals surface area contributed by atoms with Gasteiger partial charge in [0.25, 0.3) is 5.56 Å². The van der Waals surface area contributed by atoms with Crippen LogP contribution in [0.4, 0.5) is 0 Å². The van der Waals surface area contributed by atoms with Gasteiger partial charge >= 0.3 is 0 Å². The van der Waals surface area contributed by atoms with Crippen molar-refractivity contribution in [3.05, 3.63) is 69.8 Å². The van der Waals surface area contributed by atoms with Crippen LogP contribution in [0.25, 0.3) is 10.9 Å². The molecule has 1 atom stereocenters. The molecule has 0 saturated carbocycles. The van der Waals surface area contributed by atoms with Gasteiger partial charge in [0, 0.05) is 30.9 Å². The third kappa shape index (κ3) is 3.50. The topological polar surface area (TPSA) is 75.3 Å². The Labute approximate surface area is 163 Å². The number of aryl methyl sites for hydroxylation is 1. The number of fused-ring (bicyclic) bond motifs is 1. The van der Waals surface area contributed by atoms with E-state index in [9.17, 15) is 9.59 Å². The lowest BCUT2D eigenvalue weighted by atomic mass is 10.0. The first-order chi connectivity index (χ1) is 13.5. The van der Waals surface area contributed by atoms with Gasteiger partial charge in [0.05, 0.1) is 24.4 Å². The van der Waals surface area contributed by atoms with Crippen LogP contribution < -0.4 is 10.3 Å². The van der Waals surface area contributed by atoms with E-state index in [1.54, 1.807) is 25.4 Å². The number of benzene rings is 1. The number of nitrogens with one attached hydrogen (secondary N) is 1. The van der Waals surface area contributed by atoms with Gasteiger partial charge in [0.15, 0.2) is 0 Å². The van der Waals surface area contributed by atoms with Crippen molar-refractivity contribution in [2.75, 3.05) is 20.2 Å². The molecule has 1 aromatic carbocycles. The Morgan fingerprint density at radius 3 is 2.96 bits per heavy atom. The first kappa shape index (κ1) is 18.2. The van der Waals surface area contributed by atoms with E-state index in [-0.39, 0.29) is 17.4 Å². The summed E-state index contributed by atoms with van der Waals surface area (Å²) in [5, 5.41) is 0.590. The largest absolute Gasteiger partial charge is 0.496 e. The highest BCUT2D eigenvalue weighted by Crippen LogP contribution is 2.27. The zero-order valence-electron chi connectivity index (χ0n) is 16.1. The lowest BCUT2D eigenvalue weighted by molar-refractivity contribution is -0.129. The number of likely N-dealkylation sites (tertiary alicyclic amines) is 1. The fourth-order valence-electron chi connectivity index (χ4n) is 3.90. The summed E-state index contributed by atoms with van der Waals surface area (Å²) in [6.45, 7) is 3.28. The van der Waals surface area contributed by atoms with Gasteiger partial charge in [0.2, 0.25) is 5.91 Å². The maximum absolute atomic E-state index is 12.7. The number of nitrogens with zero attached hydrogens (tertiary/aromatic N) is 2. The van der Waals surface area contributed by atoms with Crippen LogP contribution >= 0.6 is 0 Å². The molecule has 0 aliphatic carbocycles. The molecule has 1 amide bonds. The number of hydrogen-bond acceptors (Lipinski definition) is 4. The van der Waals surface area contributed by atoms with Crippen molar-refractivity contribution in [1.82, 2.24) is 14.9 Å². The van der Waals surface area contributed by atoms with Crippen LogP contribution in [0.15, 0.2) is 47.4 Å². The van der Waals surface area contributed by atoms with Crippen LogP contribution in [0.2, 0.25) is 0 Å². The number of pyridine rings is 2. The predicted octanol–water partition coefficient (Wildman–Crippen LogP) is 2.80. The molecule has 1 aliphatic rings. The quantitative estimate of drug-likeness (QED) is 0.759. The van der Waals surface area contributed by atoms with Crippen LogP contribution in [0.1, 0.15) is 29.2 Å². The molecule has 28 heavy (non-hydrogen) atoms. The van der Waals surface area contributed by atoms with Crippen LogP contribution in [0.5, 0.6) is 5.75 Å². The van der Waals surface area contributed by atoms with Gasteiger partial charge in [-0.15, -0.1) is 0 Å². The molecule has 144 valence electrons. The highest BCUT2D eigenvalue weighted by molar-refractivity contribution is 5.80. The summed E-state index contributed by atoms with van der Waals surface area (Å²) in [4.78, 5) is 34.2. The van der Waals surface area contributed by atoms with Crippen LogP contribution in [0.3, 0.4) is 0 Å². The molecule has 3 aromatic rings. The first-order valence-corrected chi connectivity index (χ1v) is 9.44. The maximum Gasteiger partial charge on any atom is 0.257 e. The smallest absolute Gasteiger partial charge is 0.257 e. The molecular formula is C22H23N3O3. The first-order valence-electron chi connectivity index (χ1n) is 9.44. The highest BCUT2D eigenvalue weighted by atomic mass is 16.5. The minimum atomic E-state index is -0.126. The summed E-state index contributed by atoms with van der Waals surface area (Å²) >= 11 is 0. The monoisotopic (exact) mass is 377 g/mol. The second kappa shape index (κ2) is 7.46. The van der Waals surface area contributed by atoms with Crippen molar-refractivity contribution in [3.8, 4) is 5.75 Å². The Bertz CT molecular complexity index is 1090. The molecule has 1 fully saturated rings. The van der Waals surface area contributed by atoms with E-state index in [0.717, 1.165) is 29.0 Å². The molecule has 0 bridgehead atoms. The number of rotatable bonds is 4. The van der Waals surface area contributed by atoms with Crippen molar-refractivity contribution in [2.24, 2.45) is 0 Å². The summed E-state index contributed by atoms with van der Waals surface area (Å²) in [6.07, 6.45) is 2.89. The molecule has 1 unspecified atom stereocenters. The number of ether oxygens (including phenoxy) is 1. The lowest BCUT2D eigenvalue weighted by Gasteiger charge is -2.17. The van der Waals surface area contributed by atoms with E-state index in [1.807, 2.05) is 36.1 Å². The van der Waals surface area contributed by atoms with E-state index in [1.165, 1.54) is 0 Å². The third-order valence-electron chi connectivity index (χ3n) is 5.43. The van der Waals surface area contributed by atoms with E-state index >= 15 is 0 Å². The Hall–Kier alpha value is -3.15. The van der Waals surface area contributed by atoms with Crippen molar-refractivity contribution < 1.29 is 9.53 Å². The van der Waals surface area contributed by atoms with Crippen molar-refractivity contribution >= 4 is 16.8 Å².